The van der Waals surface area contributed by atoms with Crippen LogP contribution in [0.4, 0.5) is 5.69 Å². The lowest BCUT2D eigenvalue weighted by Crippen LogP contribution is -2.20. The molecular weight excluding hydrogens is 418 g/mol. The molecule has 4 aromatic rings. The van der Waals surface area contributed by atoms with Crippen LogP contribution in [-0.4, -0.2) is 27.1 Å². The molecule has 0 radical (unpaired) electrons. The molecule has 6 nitrogen and oxygen atoms in total. The van der Waals surface area contributed by atoms with Crippen molar-refractivity contribution in [3.63, 3.8) is 0 Å². The van der Waals surface area contributed by atoms with Gasteiger partial charge < -0.3 is 10.1 Å². The Balaban J connectivity index is 1.68. The summed E-state index contributed by atoms with van der Waals surface area (Å²) >= 11 is 3.39. The Bertz CT molecular complexity index is 1130. The summed E-state index contributed by atoms with van der Waals surface area (Å²) in [5.74, 6) is 1.17. The van der Waals surface area contributed by atoms with Crippen LogP contribution in [0.25, 0.3) is 11.0 Å². The van der Waals surface area contributed by atoms with Gasteiger partial charge >= 0.3 is 0 Å². The number of para-hydroxylation sites is 3. The van der Waals surface area contributed by atoms with Gasteiger partial charge in [-0.2, -0.15) is 5.10 Å². The number of nitrogens with one attached hydrogen (secondary N) is 2. The van der Waals surface area contributed by atoms with Gasteiger partial charge in [-0.15, -0.1) is 0 Å². The quantitative estimate of drug-likeness (QED) is 0.247. The Morgan fingerprint density at radius 3 is 2.64 bits per heavy atom. The summed E-state index contributed by atoms with van der Waals surface area (Å²) in [6, 6.07) is 22.4. The second-order valence-electron chi connectivity index (χ2n) is 5.97. The van der Waals surface area contributed by atoms with Crippen molar-refractivity contribution in [1.82, 2.24) is 15.4 Å². The summed E-state index contributed by atoms with van der Waals surface area (Å²) in [6.45, 7) is 0. The molecule has 0 aliphatic carbocycles. The molecule has 0 atom stereocenters. The van der Waals surface area contributed by atoms with E-state index in [2.05, 4.69) is 41.4 Å². The molecule has 3 N–H and O–H groups in total. The summed E-state index contributed by atoms with van der Waals surface area (Å²) in [6.07, 6.45) is 1.53. The smallest absolute Gasteiger partial charge is 0.190 e. The lowest BCUT2D eigenvalue weighted by atomic mass is 10.2. The molecule has 138 valence electrons. The van der Waals surface area contributed by atoms with E-state index in [1.807, 2.05) is 54.6 Å². The van der Waals surface area contributed by atoms with E-state index in [1.54, 1.807) is 18.2 Å². The summed E-state index contributed by atoms with van der Waals surface area (Å²) in [5, 5.41) is 14.2. The van der Waals surface area contributed by atoms with Crippen molar-refractivity contribution in [2.24, 2.45) is 10.1 Å². The minimum absolute atomic E-state index is 0.138. The van der Waals surface area contributed by atoms with Crippen molar-refractivity contribution in [3.8, 4) is 5.75 Å². The number of fused-ring (bicyclic) bond motifs is 1. The number of benzene rings is 3. The molecule has 0 saturated heterocycles. The minimum Gasteiger partial charge on any atom is -0.507 e. The molecule has 7 heteroatoms. The van der Waals surface area contributed by atoms with Gasteiger partial charge in [-0.05, 0) is 42.5 Å². The number of amidine groups is 1. The molecule has 1 heterocycles. The fraction of sp³-hybridized carbons (Fsp3) is 0. The van der Waals surface area contributed by atoms with Gasteiger partial charge in [-0.1, -0.05) is 46.3 Å². The first kappa shape index (κ1) is 17.9. The minimum atomic E-state index is 0.138. The monoisotopic (exact) mass is 433 g/mol. The Labute approximate surface area is 169 Å². The van der Waals surface area contributed by atoms with Crippen molar-refractivity contribution in [1.29, 1.82) is 0 Å². The second kappa shape index (κ2) is 8.06. The molecule has 28 heavy (non-hydrogen) atoms. The molecule has 3 aromatic carbocycles. The fourth-order valence-corrected chi connectivity index (χ4v) is 3.00. The van der Waals surface area contributed by atoms with Gasteiger partial charge in [0.25, 0.3) is 0 Å². The van der Waals surface area contributed by atoms with E-state index in [1.165, 1.54) is 6.21 Å². The van der Waals surface area contributed by atoms with Gasteiger partial charge in [-0.25, -0.2) is 9.98 Å². The van der Waals surface area contributed by atoms with Crippen LogP contribution in [0.1, 0.15) is 11.4 Å². The normalized spacial score (nSPS) is 12.0. The number of hydrogen-bond donors (Lipinski definition) is 3. The number of aromatic hydroxyl groups is 1. The number of phenolic OH excluding ortho intramolecular Hbond substituents is 1. The Hall–Kier alpha value is -3.45. The average molecular weight is 434 g/mol. The first-order chi connectivity index (χ1) is 13.7. The predicted octanol–water partition coefficient (Wildman–Crippen LogP) is 4.73. The molecule has 0 amide bonds. The highest BCUT2D eigenvalue weighted by Crippen LogP contribution is 2.20. The SMILES string of the molecule is Oc1ccc(Br)cc1/C=N/NC(=Nc1ccccc1)c1nc2ccccc2[nH]1. The highest BCUT2D eigenvalue weighted by Gasteiger charge is 2.09. The van der Waals surface area contributed by atoms with Crippen molar-refractivity contribution in [2.45, 2.75) is 0 Å². The third-order valence-corrected chi connectivity index (χ3v) is 4.47. The maximum atomic E-state index is 9.96. The van der Waals surface area contributed by atoms with E-state index in [9.17, 15) is 5.11 Å². The lowest BCUT2D eigenvalue weighted by molar-refractivity contribution is 0.474. The number of hydrazone groups is 1. The molecule has 4 rings (SSSR count). The number of imidazole rings is 1. The van der Waals surface area contributed by atoms with Crippen LogP contribution in [0.15, 0.2) is 87.4 Å². The fourth-order valence-electron chi connectivity index (χ4n) is 2.62. The predicted molar refractivity (Wildman–Crippen MR) is 115 cm³/mol. The highest BCUT2D eigenvalue weighted by atomic mass is 79.9. The van der Waals surface area contributed by atoms with E-state index in [-0.39, 0.29) is 5.75 Å². The van der Waals surface area contributed by atoms with Crippen molar-refractivity contribution in [3.05, 3.63) is 88.7 Å². The number of H-pyrrole nitrogens is 1. The van der Waals surface area contributed by atoms with Gasteiger partial charge in [0.05, 0.1) is 22.9 Å². The summed E-state index contributed by atoms with van der Waals surface area (Å²) in [7, 11) is 0. The molecule has 0 unspecified atom stereocenters. The van der Waals surface area contributed by atoms with E-state index >= 15 is 0 Å². The standard InChI is InChI=1S/C21H16BrN5O/c22-15-10-11-19(28)14(12-15)13-23-27-21(24-16-6-2-1-3-7-16)20-25-17-8-4-5-9-18(17)26-20/h1-13,28H,(H,24,27)(H,25,26)/b23-13+. The topological polar surface area (TPSA) is 85.7 Å². The van der Waals surface area contributed by atoms with Crippen LogP contribution >= 0.6 is 15.9 Å². The van der Waals surface area contributed by atoms with Crippen LogP contribution in [0, 0.1) is 0 Å². The van der Waals surface area contributed by atoms with Crippen molar-refractivity contribution < 1.29 is 5.11 Å². The van der Waals surface area contributed by atoms with E-state index in [4.69, 9.17) is 0 Å². The number of phenols is 1. The van der Waals surface area contributed by atoms with Crippen molar-refractivity contribution in [2.75, 3.05) is 0 Å². The van der Waals surface area contributed by atoms with Gasteiger partial charge in [0.15, 0.2) is 11.7 Å². The first-order valence-electron chi connectivity index (χ1n) is 8.55. The number of nitrogens with zero attached hydrogens (tertiary/aromatic N) is 3. The largest absolute Gasteiger partial charge is 0.507 e. The van der Waals surface area contributed by atoms with Gasteiger partial charge in [0.2, 0.25) is 0 Å². The zero-order valence-electron chi connectivity index (χ0n) is 14.7. The lowest BCUT2D eigenvalue weighted by Gasteiger charge is -2.04. The molecule has 0 bridgehead atoms. The highest BCUT2D eigenvalue weighted by molar-refractivity contribution is 9.10. The Morgan fingerprint density at radius 2 is 1.82 bits per heavy atom. The number of aromatic amines is 1. The van der Waals surface area contributed by atoms with E-state index in [0.717, 1.165) is 21.2 Å². The molecule has 0 spiro atoms. The zero-order chi connectivity index (χ0) is 19.3. The zero-order valence-corrected chi connectivity index (χ0v) is 16.3. The molecule has 0 fully saturated rings. The van der Waals surface area contributed by atoms with Crippen LogP contribution < -0.4 is 5.43 Å². The number of aliphatic imine (C=N–C) groups is 1. The number of aromatic nitrogens is 2. The van der Waals surface area contributed by atoms with Crippen LogP contribution in [0.2, 0.25) is 0 Å². The number of hydrogen-bond acceptors (Lipinski definition) is 4. The third kappa shape index (κ3) is 4.10. The van der Waals surface area contributed by atoms with Crippen molar-refractivity contribution >= 4 is 44.7 Å². The summed E-state index contributed by atoms with van der Waals surface area (Å²) in [4.78, 5) is 12.5. The van der Waals surface area contributed by atoms with E-state index in [0.29, 0.717) is 17.2 Å². The summed E-state index contributed by atoms with van der Waals surface area (Å²) < 4.78 is 0.849. The first-order valence-corrected chi connectivity index (χ1v) is 9.35. The third-order valence-electron chi connectivity index (χ3n) is 3.97. The average Bonchev–Trinajstić information content (AvgIpc) is 3.15. The number of rotatable bonds is 4. The molecule has 0 aliphatic heterocycles. The van der Waals surface area contributed by atoms with Gasteiger partial charge in [-0.3, -0.25) is 5.43 Å². The second-order valence-corrected chi connectivity index (χ2v) is 6.89. The Kier molecular flexibility index (Phi) is 5.16. The molecular formula is C21H16BrN5O. The Morgan fingerprint density at radius 1 is 1.04 bits per heavy atom. The van der Waals surface area contributed by atoms with Crippen LogP contribution in [0.3, 0.4) is 0 Å². The molecule has 0 saturated carbocycles. The van der Waals surface area contributed by atoms with E-state index < -0.39 is 0 Å². The van der Waals surface area contributed by atoms with Gasteiger partial charge in [0.1, 0.15) is 5.75 Å². The maximum Gasteiger partial charge on any atom is 0.190 e. The molecule has 1 aromatic heterocycles. The van der Waals surface area contributed by atoms with Crippen LogP contribution in [0.5, 0.6) is 5.75 Å². The summed E-state index contributed by atoms with van der Waals surface area (Å²) in [5.41, 5.74) is 6.04. The maximum absolute atomic E-state index is 9.96. The number of halogens is 1. The van der Waals surface area contributed by atoms with Crippen LogP contribution in [-0.2, 0) is 0 Å². The van der Waals surface area contributed by atoms with Gasteiger partial charge in [0, 0.05) is 10.0 Å². The molecule has 0 aliphatic rings.